The van der Waals surface area contributed by atoms with E-state index in [1.165, 1.54) is 22.5 Å². The molecule has 3 rings (SSSR count). The monoisotopic (exact) mass is 362 g/mol. The fraction of sp³-hybridized carbons (Fsp3) is 0.562. The van der Waals surface area contributed by atoms with E-state index in [2.05, 4.69) is 10.3 Å². The Morgan fingerprint density at radius 3 is 2.58 bits per heavy atom. The van der Waals surface area contributed by atoms with Gasteiger partial charge < -0.3 is 14.8 Å². The van der Waals surface area contributed by atoms with Crippen LogP contribution in [0.4, 0.5) is 0 Å². The largest absolute Gasteiger partial charge is 0.354 e. The van der Waals surface area contributed by atoms with Gasteiger partial charge in [-0.1, -0.05) is 0 Å². The lowest BCUT2D eigenvalue weighted by molar-refractivity contribution is -0.130. The van der Waals surface area contributed by atoms with E-state index in [0.717, 1.165) is 30.5 Å². The minimum atomic E-state index is -0.607. The van der Waals surface area contributed by atoms with Crippen LogP contribution in [0, 0.1) is 0 Å². The molecule has 0 atom stereocenters. The number of carbonyl (C=O) groups excluding carboxylic acids is 2. The van der Waals surface area contributed by atoms with Crippen molar-refractivity contribution in [3.63, 3.8) is 0 Å². The Kier molecular flexibility index (Phi) is 4.92. The summed E-state index contributed by atoms with van der Waals surface area (Å²) in [7, 11) is 3.15. The third kappa shape index (κ3) is 3.26. The van der Waals surface area contributed by atoms with Crippen molar-refractivity contribution in [2.45, 2.75) is 25.8 Å². The Morgan fingerprint density at radius 2 is 1.88 bits per heavy atom. The van der Waals surface area contributed by atoms with Crippen molar-refractivity contribution in [1.82, 2.24) is 28.9 Å². The maximum atomic E-state index is 12.5. The van der Waals surface area contributed by atoms with Crippen molar-refractivity contribution in [3.05, 3.63) is 27.2 Å². The number of hydrogen-bond donors (Lipinski definition) is 1. The fourth-order valence-corrected chi connectivity index (χ4v) is 3.17. The Bertz CT molecular complexity index is 964. The summed E-state index contributed by atoms with van der Waals surface area (Å²) in [5.41, 5.74) is -0.643. The molecule has 0 unspecified atom stereocenters. The summed E-state index contributed by atoms with van der Waals surface area (Å²) >= 11 is 0. The van der Waals surface area contributed by atoms with Gasteiger partial charge in [0.1, 0.15) is 6.54 Å². The molecule has 26 heavy (non-hydrogen) atoms. The zero-order valence-corrected chi connectivity index (χ0v) is 14.9. The van der Waals surface area contributed by atoms with E-state index in [-0.39, 0.29) is 30.0 Å². The summed E-state index contributed by atoms with van der Waals surface area (Å²) in [6, 6.07) is 0. The molecule has 0 spiro atoms. The highest BCUT2D eigenvalue weighted by Gasteiger charge is 2.19. The number of likely N-dealkylation sites (tertiary alicyclic amines) is 1. The number of rotatable bonds is 5. The Balaban J connectivity index is 1.68. The second-order valence-corrected chi connectivity index (χ2v) is 6.45. The molecule has 3 heterocycles. The van der Waals surface area contributed by atoms with Crippen LogP contribution in [0.15, 0.2) is 15.9 Å². The van der Waals surface area contributed by atoms with Gasteiger partial charge in [-0.15, -0.1) is 0 Å². The molecule has 1 aliphatic rings. The number of aromatic nitrogens is 4. The fourth-order valence-electron chi connectivity index (χ4n) is 3.17. The van der Waals surface area contributed by atoms with Crippen molar-refractivity contribution in [1.29, 1.82) is 0 Å². The maximum absolute atomic E-state index is 12.5. The molecule has 0 aromatic carbocycles. The van der Waals surface area contributed by atoms with Crippen LogP contribution in [0.2, 0.25) is 0 Å². The van der Waals surface area contributed by atoms with E-state index < -0.39 is 23.7 Å². The van der Waals surface area contributed by atoms with Gasteiger partial charge in [-0.05, 0) is 12.8 Å². The van der Waals surface area contributed by atoms with Crippen LogP contribution in [0.5, 0.6) is 0 Å². The summed E-state index contributed by atoms with van der Waals surface area (Å²) in [5.74, 6) is -0.480. The van der Waals surface area contributed by atoms with E-state index in [9.17, 15) is 19.2 Å². The van der Waals surface area contributed by atoms with Crippen LogP contribution >= 0.6 is 0 Å². The van der Waals surface area contributed by atoms with E-state index in [0.29, 0.717) is 0 Å². The van der Waals surface area contributed by atoms with E-state index in [1.807, 2.05) is 0 Å². The number of nitrogens with one attached hydrogen (secondary N) is 1. The van der Waals surface area contributed by atoms with Gasteiger partial charge in [0.25, 0.3) is 5.56 Å². The molecule has 1 saturated heterocycles. The highest BCUT2D eigenvalue weighted by atomic mass is 16.2. The molecule has 0 radical (unpaired) electrons. The van der Waals surface area contributed by atoms with Gasteiger partial charge in [0.05, 0.1) is 6.33 Å². The molecule has 0 bridgehead atoms. The number of nitrogens with zero attached hydrogens (tertiary/aromatic N) is 5. The predicted molar refractivity (Wildman–Crippen MR) is 93.7 cm³/mol. The van der Waals surface area contributed by atoms with Crippen LogP contribution in [-0.2, 0) is 30.2 Å². The number of aryl methyl sites for hydroxylation is 2. The highest BCUT2D eigenvalue weighted by Crippen LogP contribution is 2.08. The van der Waals surface area contributed by atoms with Crippen molar-refractivity contribution >= 4 is 23.0 Å². The molecule has 1 fully saturated rings. The summed E-state index contributed by atoms with van der Waals surface area (Å²) in [4.78, 5) is 54.8. The number of carbonyl (C=O) groups is 2. The smallest absolute Gasteiger partial charge is 0.332 e. The van der Waals surface area contributed by atoms with Gasteiger partial charge in [0.15, 0.2) is 11.2 Å². The molecule has 2 aromatic rings. The van der Waals surface area contributed by atoms with Gasteiger partial charge in [-0.3, -0.25) is 19.0 Å². The number of hydrogen-bond acceptors (Lipinski definition) is 5. The number of fused-ring (bicyclic) bond motifs is 1. The van der Waals surface area contributed by atoms with E-state index in [4.69, 9.17) is 0 Å². The normalized spacial score (nSPS) is 14.2. The lowest BCUT2D eigenvalue weighted by Gasteiger charge is -2.15. The molecule has 1 aliphatic heterocycles. The first-order chi connectivity index (χ1) is 12.4. The zero-order chi connectivity index (χ0) is 18.8. The third-order valence-corrected chi connectivity index (χ3v) is 4.62. The van der Waals surface area contributed by atoms with Crippen LogP contribution < -0.4 is 16.6 Å². The molecular formula is C16H22N6O4. The van der Waals surface area contributed by atoms with E-state index in [1.54, 1.807) is 11.9 Å². The molecule has 10 heteroatoms. The minimum absolute atomic E-state index is 0.00665. The van der Waals surface area contributed by atoms with Crippen LogP contribution in [0.25, 0.3) is 11.2 Å². The molecular weight excluding hydrogens is 340 g/mol. The summed E-state index contributed by atoms with van der Waals surface area (Å²) in [6.07, 6.45) is 3.68. The van der Waals surface area contributed by atoms with Crippen LogP contribution in [0.1, 0.15) is 19.3 Å². The van der Waals surface area contributed by atoms with Crippen LogP contribution in [0.3, 0.4) is 0 Å². The predicted octanol–water partition coefficient (Wildman–Crippen LogP) is -1.44. The standard InChI is InChI=1S/C16H22N6O4/c1-19-10-18-14-13(19)15(25)22(16(26)20(14)2)9-11(23)17-6-5-12(24)21-7-3-4-8-21/h10H,3-9H2,1-2H3,(H,17,23). The van der Waals surface area contributed by atoms with Gasteiger partial charge in [-0.2, -0.15) is 0 Å². The summed E-state index contributed by atoms with van der Waals surface area (Å²) in [5, 5.41) is 2.60. The average Bonchev–Trinajstić information content (AvgIpc) is 3.26. The van der Waals surface area contributed by atoms with Gasteiger partial charge in [-0.25, -0.2) is 14.3 Å². The quantitative estimate of drug-likeness (QED) is 0.700. The first kappa shape index (κ1) is 17.9. The van der Waals surface area contributed by atoms with Crippen molar-refractivity contribution in [2.75, 3.05) is 19.6 Å². The third-order valence-electron chi connectivity index (χ3n) is 4.62. The SMILES string of the molecule is Cn1cnc2c1c(=O)n(CC(=O)NCCC(=O)N1CCCC1)c(=O)n2C. The molecule has 2 amide bonds. The first-order valence-electron chi connectivity index (χ1n) is 8.55. The Labute approximate surface area is 149 Å². The lowest BCUT2D eigenvalue weighted by atomic mass is 10.3. The first-order valence-corrected chi connectivity index (χ1v) is 8.55. The number of amides is 2. The van der Waals surface area contributed by atoms with Gasteiger partial charge >= 0.3 is 5.69 Å². The topological polar surface area (TPSA) is 111 Å². The highest BCUT2D eigenvalue weighted by molar-refractivity contribution is 5.79. The van der Waals surface area contributed by atoms with E-state index >= 15 is 0 Å². The summed E-state index contributed by atoms with van der Waals surface area (Å²) in [6.45, 7) is 1.31. The Hall–Kier alpha value is -2.91. The van der Waals surface area contributed by atoms with Gasteiger partial charge in [0.2, 0.25) is 11.8 Å². The minimum Gasteiger partial charge on any atom is -0.354 e. The second kappa shape index (κ2) is 7.14. The Morgan fingerprint density at radius 1 is 1.19 bits per heavy atom. The van der Waals surface area contributed by atoms with Crippen LogP contribution in [-0.4, -0.2) is 55.0 Å². The lowest BCUT2D eigenvalue weighted by Crippen LogP contribution is -2.44. The molecule has 0 saturated carbocycles. The van der Waals surface area contributed by atoms with Crippen molar-refractivity contribution in [2.24, 2.45) is 14.1 Å². The average molecular weight is 362 g/mol. The van der Waals surface area contributed by atoms with Crippen molar-refractivity contribution < 1.29 is 9.59 Å². The molecule has 2 aromatic heterocycles. The molecule has 1 N–H and O–H groups in total. The number of imidazole rings is 1. The molecule has 0 aliphatic carbocycles. The second-order valence-electron chi connectivity index (χ2n) is 6.45. The maximum Gasteiger partial charge on any atom is 0.332 e. The molecule has 10 nitrogen and oxygen atoms in total. The molecule has 140 valence electrons. The zero-order valence-electron chi connectivity index (χ0n) is 14.9. The van der Waals surface area contributed by atoms with Crippen molar-refractivity contribution in [3.8, 4) is 0 Å². The van der Waals surface area contributed by atoms with Gasteiger partial charge in [0, 0.05) is 40.2 Å². The summed E-state index contributed by atoms with van der Waals surface area (Å²) < 4.78 is 3.63.